The zero-order valence-electron chi connectivity index (χ0n) is 19.0. The van der Waals surface area contributed by atoms with Crippen molar-refractivity contribution in [1.82, 2.24) is 0 Å². The SMILES string of the molecule is C=C1c2c(C)ccc(C)c2C(=O)C2=C(C)C3(C)C(=O)C(C)=C(C)C(C)C3C(C)C12. The monoisotopic (exact) mass is 388 g/mol. The van der Waals surface area contributed by atoms with Gasteiger partial charge in [-0.25, -0.2) is 0 Å². The summed E-state index contributed by atoms with van der Waals surface area (Å²) in [5.74, 6) is 0.918. The van der Waals surface area contributed by atoms with E-state index in [-0.39, 0.29) is 29.3 Å². The van der Waals surface area contributed by atoms with Crippen LogP contribution in [-0.4, -0.2) is 11.6 Å². The lowest BCUT2D eigenvalue weighted by atomic mass is 9.46. The van der Waals surface area contributed by atoms with Gasteiger partial charge in [-0.2, -0.15) is 0 Å². The van der Waals surface area contributed by atoms with Crippen molar-refractivity contribution >= 4 is 17.1 Å². The van der Waals surface area contributed by atoms with E-state index in [9.17, 15) is 9.59 Å². The van der Waals surface area contributed by atoms with Crippen LogP contribution in [0.5, 0.6) is 0 Å². The smallest absolute Gasteiger partial charge is 0.190 e. The Labute approximate surface area is 174 Å². The quantitative estimate of drug-likeness (QED) is 0.525. The summed E-state index contributed by atoms with van der Waals surface area (Å²) < 4.78 is 0. The Morgan fingerprint density at radius 2 is 1.48 bits per heavy atom. The first-order valence-electron chi connectivity index (χ1n) is 10.7. The van der Waals surface area contributed by atoms with Crippen molar-refractivity contribution in [3.8, 4) is 0 Å². The predicted molar refractivity (Wildman–Crippen MR) is 119 cm³/mol. The molecule has 0 saturated heterocycles. The van der Waals surface area contributed by atoms with Crippen molar-refractivity contribution < 1.29 is 9.59 Å². The van der Waals surface area contributed by atoms with Crippen molar-refractivity contribution in [2.24, 2.45) is 29.1 Å². The summed E-state index contributed by atoms with van der Waals surface area (Å²) in [7, 11) is 0. The van der Waals surface area contributed by atoms with Gasteiger partial charge in [0, 0.05) is 17.1 Å². The summed E-state index contributed by atoms with van der Waals surface area (Å²) in [6.45, 7) is 21.2. The Hall–Kier alpha value is -2.22. The Balaban J connectivity index is 2.07. The molecule has 0 N–H and O–H groups in total. The van der Waals surface area contributed by atoms with Gasteiger partial charge in [0.15, 0.2) is 11.6 Å². The summed E-state index contributed by atoms with van der Waals surface area (Å²) in [4.78, 5) is 27.5. The third-order valence-corrected chi connectivity index (χ3v) is 8.67. The van der Waals surface area contributed by atoms with E-state index in [1.807, 2.05) is 26.8 Å². The Morgan fingerprint density at radius 1 is 0.931 bits per heavy atom. The van der Waals surface area contributed by atoms with Crippen LogP contribution in [0, 0.1) is 42.9 Å². The highest BCUT2D eigenvalue weighted by atomic mass is 16.1. The van der Waals surface area contributed by atoms with Gasteiger partial charge in [-0.1, -0.05) is 43.7 Å². The minimum atomic E-state index is -0.626. The number of rotatable bonds is 0. The Kier molecular flexibility index (Phi) is 4.25. The predicted octanol–water partition coefficient (Wildman–Crippen LogP) is 6.27. The van der Waals surface area contributed by atoms with Gasteiger partial charge in [0.05, 0.1) is 5.41 Å². The Bertz CT molecular complexity index is 1060. The molecule has 1 aromatic rings. The normalized spacial score (nSPS) is 34.3. The molecule has 0 amide bonds. The minimum absolute atomic E-state index is 0.0185. The van der Waals surface area contributed by atoms with Crippen LogP contribution in [0.4, 0.5) is 0 Å². The molecule has 0 aliphatic heterocycles. The maximum absolute atomic E-state index is 13.9. The fourth-order valence-corrected chi connectivity index (χ4v) is 6.83. The van der Waals surface area contributed by atoms with Crippen molar-refractivity contribution in [2.45, 2.75) is 55.4 Å². The van der Waals surface area contributed by atoms with E-state index in [0.717, 1.165) is 44.5 Å². The second kappa shape index (κ2) is 6.14. The van der Waals surface area contributed by atoms with Crippen molar-refractivity contribution in [2.75, 3.05) is 0 Å². The minimum Gasteiger partial charge on any atom is -0.294 e. The van der Waals surface area contributed by atoms with Crippen LogP contribution in [0.25, 0.3) is 5.57 Å². The first-order chi connectivity index (χ1) is 13.5. The van der Waals surface area contributed by atoms with E-state index in [4.69, 9.17) is 0 Å². The molecule has 0 aromatic heterocycles. The number of benzene rings is 1. The van der Waals surface area contributed by atoms with Gasteiger partial charge in [-0.3, -0.25) is 9.59 Å². The van der Waals surface area contributed by atoms with Crippen LogP contribution < -0.4 is 0 Å². The number of hydrogen-bond donors (Lipinski definition) is 0. The van der Waals surface area contributed by atoms with Gasteiger partial charge in [-0.15, -0.1) is 0 Å². The van der Waals surface area contributed by atoms with Gasteiger partial charge in [-0.05, 0) is 87.1 Å². The number of ketones is 2. The van der Waals surface area contributed by atoms with Gasteiger partial charge < -0.3 is 0 Å². The lowest BCUT2D eigenvalue weighted by molar-refractivity contribution is -0.129. The molecule has 0 heterocycles. The van der Waals surface area contributed by atoms with Crippen LogP contribution in [-0.2, 0) is 4.79 Å². The third kappa shape index (κ3) is 2.23. The molecule has 3 aliphatic carbocycles. The maximum Gasteiger partial charge on any atom is 0.190 e. The molecular weight excluding hydrogens is 356 g/mol. The van der Waals surface area contributed by atoms with E-state index in [1.54, 1.807) is 0 Å². The molecular formula is C27H32O2. The molecule has 4 rings (SSSR count). The molecule has 1 aromatic carbocycles. The van der Waals surface area contributed by atoms with Crippen LogP contribution in [0.2, 0.25) is 0 Å². The summed E-state index contributed by atoms with van der Waals surface area (Å²) >= 11 is 0. The van der Waals surface area contributed by atoms with Crippen LogP contribution in [0.15, 0.2) is 41.0 Å². The number of aryl methyl sites for hydroxylation is 2. The van der Waals surface area contributed by atoms with E-state index in [0.29, 0.717) is 5.92 Å². The molecule has 0 radical (unpaired) electrons. The molecule has 0 bridgehead atoms. The molecule has 0 spiro atoms. The summed E-state index contributed by atoms with van der Waals surface area (Å²) in [5, 5.41) is 0. The summed E-state index contributed by atoms with van der Waals surface area (Å²) in [6, 6.07) is 4.12. The molecule has 0 saturated carbocycles. The summed E-state index contributed by atoms with van der Waals surface area (Å²) in [6.07, 6.45) is 0. The molecule has 0 fully saturated rings. The lowest BCUT2D eigenvalue weighted by Crippen LogP contribution is -2.54. The molecule has 152 valence electrons. The van der Waals surface area contributed by atoms with Gasteiger partial charge in [0.25, 0.3) is 0 Å². The highest BCUT2D eigenvalue weighted by molar-refractivity contribution is 6.19. The number of carbonyl (C=O) groups excluding carboxylic acids is 2. The van der Waals surface area contributed by atoms with Gasteiger partial charge in [0.2, 0.25) is 0 Å². The van der Waals surface area contributed by atoms with Crippen molar-refractivity contribution in [1.29, 1.82) is 0 Å². The third-order valence-electron chi connectivity index (χ3n) is 8.67. The highest BCUT2D eigenvalue weighted by Gasteiger charge is 2.58. The Morgan fingerprint density at radius 3 is 2.07 bits per heavy atom. The topological polar surface area (TPSA) is 34.1 Å². The molecule has 5 unspecified atom stereocenters. The standard InChI is InChI=1S/C27H32O2/c1-12-10-11-13(2)21-20(12)17(6)22-18(7)24-15(4)14(3)16(5)26(29)27(24,9)19(8)23(22)25(21)28/h10-11,15,18,22,24H,6H2,1-5,7-9H3. The van der Waals surface area contributed by atoms with E-state index >= 15 is 0 Å². The van der Waals surface area contributed by atoms with Crippen LogP contribution >= 0.6 is 0 Å². The second-order valence-corrected chi connectivity index (χ2v) is 9.83. The molecule has 2 heteroatoms. The number of allylic oxidation sites excluding steroid dienone is 5. The first-order valence-corrected chi connectivity index (χ1v) is 10.7. The van der Waals surface area contributed by atoms with Gasteiger partial charge >= 0.3 is 0 Å². The average molecular weight is 389 g/mol. The molecule has 5 atom stereocenters. The molecule has 3 aliphatic rings. The average Bonchev–Trinajstić information content (AvgIpc) is 2.67. The van der Waals surface area contributed by atoms with Crippen molar-refractivity contribution in [3.05, 3.63) is 63.3 Å². The second-order valence-electron chi connectivity index (χ2n) is 9.83. The first kappa shape index (κ1) is 20.1. The number of hydrogen-bond acceptors (Lipinski definition) is 2. The van der Waals surface area contributed by atoms with Crippen LogP contribution in [0.3, 0.4) is 0 Å². The highest BCUT2D eigenvalue weighted by Crippen LogP contribution is 2.61. The zero-order chi connectivity index (χ0) is 21.6. The number of carbonyl (C=O) groups is 2. The molecule has 29 heavy (non-hydrogen) atoms. The number of Topliss-reactive ketones (excluding diaryl/α,β-unsaturated/α-hetero) is 2. The lowest BCUT2D eigenvalue weighted by Gasteiger charge is -2.55. The largest absolute Gasteiger partial charge is 0.294 e. The fraction of sp³-hybridized carbons (Fsp3) is 0.481. The van der Waals surface area contributed by atoms with Crippen LogP contribution in [0.1, 0.15) is 68.6 Å². The molecule has 2 nitrogen and oxygen atoms in total. The van der Waals surface area contributed by atoms with E-state index in [2.05, 4.69) is 47.3 Å². The maximum atomic E-state index is 13.9. The zero-order valence-corrected chi connectivity index (χ0v) is 19.0. The van der Waals surface area contributed by atoms with E-state index < -0.39 is 5.41 Å². The van der Waals surface area contributed by atoms with Crippen molar-refractivity contribution in [3.63, 3.8) is 0 Å². The van der Waals surface area contributed by atoms with E-state index in [1.165, 1.54) is 5.57 Å². The fourth-order valence-electron chi connectivity index (χ4n) is 6.83. The van der Waals surface area contributed by atoms with Gasteiger partial charge in [0.1, 0.15) is 0 Å². The number of fused-ring (bicyclic) bond motifs is 3. The summed E-state index contributed by atoms with van der Waals surface area (Å²) in [5.41, 5.74) is 8.21.